The molecule has 0 radical (unpaired) electrons. The summed E-state index contributed by atoms with van der Waals surface area (Å²) < 4.78 is 303. The molecule has 0 aliphatic heterocycles. The fraction of sp³-hybridized carbons (Fsp3) is 0.639. The highest BCUT2D eigenvalue weighted by Crippen LogP contribution is 2.66. The van der Waals surface area contributed by atoms with Gasteiger partial charge in [-0.15, -0.1) is 0 Å². The molecule has 0 saturated heterocycles. The molecule has 27 heteroatoms. The Labute approximate surface area is 373 Å². The summed E-state index contributed by atoms with van der Waals surface area (Å²) in [7, 11) is -4.31. The molecule has 1 aromatic carbocycles. The third kappa shape index (κ3) is 9.30. The molecule has 1 heterocycles. The molecule has 1 aromatic heterocycles. The first-order valence-corrected chi connectivity index (χ1v) is 22.2. The largest absolute Gasteiger partial charge is 0.460 e. The summed E-state index contributed by atoms with van der Waals surface area (Å²) >= 11 is 3.59. The van der Waals surface area contributed by atoms with Gasteiger partial charge < -0.3 is 4.43 Å². The predicted molar refractivity (Wildman–Crippen MR) is 204 cm³/mol. The molecule has 2 aromatic rings. The molecular formula is C36H34F21I2NO2Si. The van der Waals surface area contributed by atoms with E-state index in [0.29, 0.717) is 9.13 Å². The van der Waals surface area contributed by atoms with Gasteiger partial charge in [0.2, 0.25) is 0 Å². The van der Waals surface area contributed by atoms with E-state index in [1.54, 1.807) is 75.5 Å². The number of alkyl halides is 21. The SMILES string of the molecule is CCC(O[Si](CCC(F)(F)C(F)(F)C(F)(F)C(F)(F)C(F)(F)C(F)(F)C(F)(F)C(F)(F)C(F)(F)C(F)(F)F)(C(C)C)C(C)C)c1c(I)c(I)n(CC#Cc2ccccc2)c(=O)c1C. The number of halogens is 23. The van der Waals surface area contributed by atoms with Gasteiger partial charge >= 0.3 is 59.5 Å². The molecule has 0 spiro atoms. The zero-order valence-electron chi connectivity index (χ0n) is 32.9. The second-order valence-corrected chi connectivity index (χ2v) is 21.8. The van der Waals surface area contributed by atoms with Crippen LogP contribution in [-0.4, -0.2) is 72.4 Å². The smallest absolute Gasteiger partial charge is 0.409 e. The van der Waals surface area contributed by atoms with Crippen molar-refractivity contribution in [2.45, 2.75) is 144 Å². The lowest BCUT2D eigenvalue weighted by molar-refractivity contribution is -0.474. The van der Waals surface area contributed by atoms with Crippen molar-refractivity contribution in [1.29, 1.82) is 0 Å². The van der Waals surface area contributed by atoms with Crippen molar-refractivity contribution >= 4 is 53.5 Å². The summed E-state index contributed by atoms with van der Waals surface area (Å²) in [6.45, 7) is 7.72. The maximum atomic E-state index is 15.3. The first kappa shape index (κ1) is 57.0. The Morgan fingerprint density at radius 2 is 1.05 bits per heavy atom. The van der Waals surface area contributed by atoms with Crippen molar-refractivity contribution < 1.29 is 96.6 Å². The number of aromatic nitrogens is 1. The third-order valence-corrected chi connectivity index (χ3v) is 19.2. The minimum atomic E-state index is -9.24. The average molecular weight is 1190 g/mol. The van der Waals surface area contributed by atoms with Crippen LogP contribution in [-0.2, 0) is 11.0 Å². The van der Waals surface area contributed by atoms with Crippen LogP contribution in [0.3, 0.4) is 0 Å². The zero-order valence-corrected chi connectivity index (χ0v) is 38.2. The predicted octanol–water partition coefficient (Wildman–Crippen LogP) is 14.3. The summed E-state index contributed by atoms with van der Waals surface area (Å²) in [5.41, 5.74) is -1.93. The van der Waals surface area contributed by atoms with Gasteiger partial charge in [0.25, 0.3) is 5.56 Å². The number of benzene rings is 1. The molecule has 3 nitrogen and oxygen atoms in total. The quantitative estimate of drug-likeness (QED) is 0.0490. The van der Waals surface area contributed by atoms with E-state index in [2.05, 4.69) is 11.8 Å². The third-order valence-electron chi connectivity index (χ3n) is 10.3. The van der Waals surface area contributed by atoms with Crippen LogP contribution in [0.25, 0.3) is 0 Å². The van der Waals surface area contributed by atoms with Gasteiger partial charge in [0.1, 0.15) is 0 Å². The number of hydrogen-bond acceptors (Lipinski definition) is 2. The van der Waals surface area contributed by atoms with Crippen LogP contribution in [0.15, 0.2) is 35.1 Å². The summed E-state index contributed by atoms with van der Waals surface area (Å²) in [5, 5.41) is 0. The highest BCUT2D eigenvalue weighted by molar-refractivity contribution is 14.1. The maximum absolute atomic E-state index is 15.3. The molecule has 0 saturated carbocycles. The lowest BCUT2D eigenvalue weighted by atomic mass is 9.86. The van der Waals surface area contributed by atoms with Crippen molar-refractivity contribution in [2.24, 2.45) is 0 Å². The number of pyridine rings is 1. The standard InChI is InChI=1S/C36H34F21I2NO2Si/c1-7-22(23-20(6)26(61)60(25(59)24(23)58)16-11-14-21-12-9-8-10-13-21)62-63(18(2)3,19(4)5)17-15-27(37,38)28(39,40)29(41,42)30(43,44)31(45,46)32(47,48)33(49,50)34(51,52)35(53,54)36(55,56)57/h8-10,12-13,18-19,22H,7,15-17H2,1-6H3. The van der Waals surface area contributed by atoms with Gasteiger partial charge in [0.05, 0.1) is 16.3 Å². The van der Waals surface area contributed by atoms with Gasteiger partial charge in [-0.2, -0.15) is 92.2 Å². The molecule has 0 aliphatic rings. The first-order chi connectivity index (χ1) is 28.0. The average Bonchev–Trinajstić information content (AvgIpc) is 3.15. The normalized spacial score (nSPS) is 15.2. The van der Waals surface area contributed by atoms with Crippen molar-refractivity contribution in [1.82, 2.24) is 4.57 Å². The van der Waals surface area contributed by atoms with Crippen LogP contribution in [0.4, 0.5) is 92.2 Å². The molecule has 0 N–H and O–H groups in total. The molecule has 0 amide bonds. The van der Waals surface area contributed by atoms with Gasteiger partial charge in [-0.1, -0.05) is 64.7 Å². The maximum Gasteiger partial charge on any atom is 0.460 e. The first-order valence-electron chi connectivity index (χ1n) is 17.8. The van der Waals surface area contributed by atoms with Gasteiger partial charge in [0, 0.05) is 26.7 Å². The number of nitrogens with zero attached hydrogens (tertiary/aromatic N) is 1. The Morgan fingerprint density at radius 3 is 1.43 bits per heavy atom. The Morgan fingerprint density at radius 1 is 0.651 bits per heavy atom. The van der Waals surface area contributed by atoms with Crippen LogP contribution in [0, 0.1) is 26.0 Å². The van der Waals surface area contributed by atoms with E-state index in [1.807, 2.05) is 0 Å². The Hall–Kier alpha value is -2.10. The van der Waals surface area contributed by atoms with Gasteiger partial charge in [-0.05, 0) is 87.8 Å². The lowest BCUT2D eigenvalue weighted by Crippen LogP contribution is -2.76. The molecule has 2 rings (SSSR count). The number of rotatable bonds is 18. The Balaban J connectivity index is 2.66. The Bertz CT molecular complexity index is 2050. The van der Waals surface area contributed by atoms with Crippen LogP contribution < -0.4 is 5.56 Å². The zero-order chi connectivity index (χ0) is 49.8. The lowest BCUT2D eigenvalue weighted by Gasteiger charge is -2.45. The van der Waals surface area contributed by atoms with E-state index >= 15 is 17.6 Å². The molecule has 0 fully saturated rings. The molecular weight excluding hydrogens is 1160 g/mol. The monoisotopic (exact) mass is 1190 g/mol. The van der Waals surface area contributed by atoms with Crippen LogP contribution in [0.2, 0.25) is 17.1 Å². The van der Waals surface area contributed by atoms with E-state index in [0.717, 1.165) is 0 Å². The van der Waals surface area contributed by atoms with Crippen molar-refractivity contribution in [2.75, 3.05) is 0 Å². The minimum absolute atomic E-state index is 0.00511. The van der Waals surface area contributed by atoms with E-state index in [-0.39, 0.29) is 27.8 Å². The summed E-state index contributed by atoms with van der Waals surface area (Å²) in [6.07, 6.45) is -12.2. The fourth-order valence-corrected chi connectivity index (χ4v) is 12.7. The highest BCUT2D eigenvalue weighted by Gasteiger charge is 2.97. The molecule has 0 bridgehead atoms. The second-order valence-electron chi connectivity index (χ2n) is 14.8. The van der Waals surface area contributed by atoms with Crippen LogP contribution in [0.1, 0.15) is 70.3 Å². The molecule has 0 aliphatic carbocycles. The van der Waals surface area contributed by atoms with Gasteiger partial charge in [0.15, 0.2) is 8.32 Å². The molecule has 63 heavy (non-hydrogen) atoms. The van der Waals surface area contributed by atoms with E-state index < -0.39 is 103 Å². The molecule has 360 valence electrons. The summed E-state index contributed by atoms with van der Waals surface area (Å²) in [6, 6.07) is 7.06. The Kier molecular flexibility index (Phi) is 16.8. The summed E-state index contributed by atoms with van der Waals surface area (Å²) in [5.74, 6) is -71.8. The van der Waals surface area contributed by atoms with Crippen LogP contribution >= 0.6 is 45.2 Å². The van der Waals surface area contributed by atoms with Gasteiger partial charge in [-0.3, -0.25) is 9.36 Å². The van der Waals surface area contributed by atoms with Crippen LogP contribution in [0.5, 0.6) is 0 Å². The van der Waals surface area contributed by atoms with E-state index in [9.17, 15) is 79.4 Å². The molecule has 1 unspecified atom stereocenters. The summed E-state index contributed by atoms with van der Waals surface area (Å²) in [4.78, 5) is 13.6. The van der Waals surface area contributed by atoms with Crippen molar-refractivity contribution in [3.8, 4) is 11.8 Å². The molecule has 1 atom stereocenters. The second kappa shape index (κ2) is 18.5. The van der Waals surface area contributed by atoms with Crippen molar-refractivity contribution in [3.63, 3.8) is 0 Å². The highest BCUT2D eigenvalue weighted by atomic mass is 127. The topological polar surface area (TPSA) is 31.2 Å². The number of hydrogen-bond donors (Lipinski definition) is 0. The van der Waals surface area contributed by atoms with Gasteiger partial charge in [-0.25, -0.2) is 0 Å². The fourth-order valence-electron chi connectivity index (χ4n) is 6.35. The minimum Gasteiger partial charge on any atom is -0.409 e. The van der Waals surface area contributed by atoms with Crippen molar-refractivity contribution in [3.05, 3.63) is 64.6 Å². The van der Waals surface area contributed by atoms with E-state index in [4.69, 9.17) is 4.43 Å². The van der Waals surface area contributed by atoms with E-state index in [1.165, 1.54) is 46.1 Å².